The van der Waals surface area contributed by atoms with Crippen LogP contribution in [0.5, 0.6) is 0 Å². The van der Waals surface area contributed by atoms with Gasteiger partial charge in [0.2, 0.25) is 5.82 Å². The van der Waals surface area contributed by atoms with Crippen molar-refractivity contribution in [1.82, 2.24) is 4.98 Å². The summed E-state index contributed by atoms with van der Waals surface area (Å²) in [5, 5.41) is 39.5. The minimum Gasteiger partial charge on any atom is -0.394 e. The van der Waals surface area contributed by atoms with Crippen LogP contribution < -0.4 is 5.32 Å². The van der Waals surface area contributed by atoms with E-state index in [0.29, 0.717) is 0 Å². The van der Waals surface area contributed by atoms with Gasteiger partial charge in [0.15, 0.2) is 0 Å². The Morgan fingerprint density at radius 2 is 2.41 bits per heavy atom. The molecule has 0 fully saturated rings. The van der Waals surface area contributed by atoms with Crippen LogP contribution in [0.1, 0.15) is 5.56 Å². The van der Waals surface area contributed by atoms with Gasteiger partial charge < -0.3 is 15.5 Å². The third-order valence-corrected chi connectivity index (χ3v) is 1.91. The van der Waals surface area contributed by atoms with Crippen molar-refractivity contribution < 1.29 is 15.1 Å². The number of nitrogens with zero attached hydrogens (tertiary/aromatic N) is 3. The van der Waals surface area contributed by atoms with Gasteiger partial charge in [-0.2, -0.15) is 5.26 Å². The molecule has 3 N–H and O–H groups in total. The van der Waals surface area contributed by atoms with Crippen LogP contribution in [0.3, 0.4) is 0 Å². The fraction of sp³-hybridized carbons (Fsp3) is 0.333. The molecule has 0 aliphatic carbocycles. The summed E-state index contributed by atoms with van der Waals surface area (Å²) in [4.78, 5) is 13.7. The van der Waals surface area contributed by atoms with Crippen molar-refractivity contribution in [2.45, 2.75) is 6.10 Å². The van der Waals surface area contributed by atoms with Crippen molar-refractivity contribution in [1.29, 1.82) is 5.26 Å². The number of nitro groups is 1. The zero-order valence-electron chi connectivity index (χ0n) is 8.70. The van der Waals surface area contributed by atoms with Crippen LogP contribution in [0.2, 0.25) is 0 Å². The Bertz CT molecular complexity index is 457. The average Bonchev–Trinajstić information content (AvgIpc) is 2.35. The molecule has 0 radical (unpaired) electrons. The van der Waals surface area contributed by atoms with Gasteiger partial charge >= 0.3 is 5.69 Å². The van der Waals surface area contributed by atoms with Crippen LogP contribution in [-0.4, -0.2) is 39.4 Å². The van der Waals surface area contributed by atoms with Crippen LogP contribution in [0, 0.1) is 21.4 Å². The summed E-state index contributed by atoms with van der Waals surface area (Å²) in [5.41, 5.74) is -0.279. The second-order valence-corrected chi connectivity index (χ2v) is 3.18. The van der Waals surface area contributed by atoms with Crippen molar-refractivity contribution in [2.24, 2.45) is 0 Å². The molecule has 0 amide bonds. The van der Waals surface area contributed by atoms with E-state index in [-0.39, 0.29) is 23.6 Å². The zero-order chi connectivity index (χ0) is 12.8. The minimum atomic E-state index is -1.04. The van der Waals surface area contributed by atoms with Gasteiger partial charge in [0.1, 0.15) is 6.07 Å². The number of hydrogen-bond acceptors (Lipinski definition) is 7. The number of hydrogen-bond donors (Lipinski definition) is 3. The Hall–Kier alpha value is -2.24. The van der Waals surface area contributed by atoms with E-state index in [2.05, 4.69) is 10.3 Å². The van der Waals surface area contributed by atoms with Gasteiger partial charge in [-0.25, -0.2) is 4.98 Å². The third-order valence-electron chi connectivity index (χ3n) is 1.91. The van der Waals surface area contributed by atoms with Gasteiger partial charge in [-0.1, -0.05) is 0 Å². The average molecular weight is 238 g/mol. The maximum absolute atomic E-state index is 10.7. The SMILES string of the molecule is N#Cc1cnc(NCC(O)CO)c([N+](=O)[O-])c1. The number of aliphatic hydroxyl groups is 2. The molecule has 0 saturated carbocycles. The third kappa shape index (κ3) is 3.37. The van der Waals surface area contributed by atoms with E-state index in [9.17, 15) is 10.1 Å². The van der Waals surface area contributed by atoms with Gasteiger partial charge in [0.05, 0.1) is 23.2 Å². The molecule has 1 aromatic heterocycles. The van der Waals surface area contributed by atoms with E-state index in [1.54, 1.807) is 6.07 Å². The van der Waals surface area contributed by atoms with E-state index in [1.165, 1.54) is 6.20 Å². The summed E-state index contributed by atoms with van der Waals surface area (Å²) in [5.74, 6) is -0.0542. The number of nitrogens with one attached hydrogen (secondary N) is 1. The summed E-state index contributed by atoms with van der Waals surface area (Å²) in [6.07, 6.45) is 0.146. The summed E-state index contributed by atoms with van der Waals surface area (Å²) < 4.78 is 0. The summed E-state index contributed by atoms with van der Waals surface area (Å²) in [7, 11) is 0. The number of aliphatic hydroxyl groups excluding tert-OH is 2. The van der Waals surface area contributed by atoms with Crippen LogP contribution in [0.25, 0.3) is 0 Å². The molecule has 8 heteroatoms. The molecule has 1 heterocycles. The second kappa shape index (κ2) is 5.74. The summed E-state index contributed by atoms with van der Waals surface area (Å²) in [6, 6.07) is 2.83. The molecule has 0 saturated heterocycles. The first-order valence-electron chi connectivity index (χ1n) is 4.65. The molecule has 8 nitrogen and oxygen atoms in total. The Kier molecular flexibility index (Phi) is 4.33. The van der Waals surface area contributed by atoms with E-state index in [1.807, 2.05) is 0 Å². The molecule has 17 heavy (non-hydrogen) atoms. The van der Waals surface area contributed by atoms with E-state index >= 15 is 0 Å². The smallest absolute Gasteiger partial charge is 0.312 e. The van der Waals surface area contributed by atoms with E-state index < -0.39 is 17.6 Å². The first-order chi connectivity index (χ1) is 8.08. The van der Waals surface area contributed by atoms with Crippen molar-refractivity contribution in [3.63, 3.8) is 0 Å². The van der Waals surface area contributed by atoms with Gasteiger partial charge in [0.25, 0.3) is 0 Å². The van der Waals surface area contributed by atoms with Gasteiger partial charge in [-0.05, 0) is 0 Å². The molecule has 1 aromatic rings. The first-order valence-corrected chi connectivity index (χ1v) is 4.65. The lowest BCUT2D eigenvalue weighted by Crippen LogP contribution is -2.23. The number of aromatic nitrogens is 1. The van der Waals surface area contributed by atoms with Gasteiger partial charge in [-0.3, -0.25) is 10.1 Å². The highest BCUT2D eigenvalue weighted by atomic mass is 16.6. The number of pyridine rings is 1. The molecule has 0 bridgehead atoms. The second-order valence-electron chi connectivity index (χ2n) is 3.18. The van der Waals surface area contributed by atoms with Crippen LogP contribution in [0.15, 0.2) is 12.3 Å². The lowest BCUT2D eigenvalue weighted by Gasteiger charge is -2.09. The zero-order valence-corrected chi connectivity index (χ0v) is 8.70. The Morgan fingerprint density at radius 3 is 2.94 bits per heavy atom. The van der Waals surface area contributed by atoms with Crippen molar-refractivity contribution in [3.8, 4) is 6.07 Å². The highest BCUT2D eigenvalue weighted by molar-refractivity contribution is 5.58. The fourth-order valence-electron chi connectivity index (χ4n) is 1.07. The predicted octanol–water partition coefficient (Wildman–Crippen LogP) is -0.373. The normalized spacial score (nSPS) is 11.6. The predicted molar refractivity (Wildman–Crippen MR) is 57.2 cm³/mol. The molecule has 0 aliphatic rings. The first kappa shape index (κ1) is 12.8. The minimum absolute atomic E-state index is 0.0542. The Balaban J connectivity index is 2.92. The van der Waals surface area contributed by atoms with E-state index in [4.69, 9.17) is 15.5 Å². The number of anilines is 1. The molecule has 0 spiro atoms. The van der Waals surface area contributed by atoms with E-state index in [0.717, 1.165) is 6.07 Å². The molecular weight excluding hydrogens is 228 g/mol. The molecule has 1 unspecified atom stereocenters. The van der Waals surface area contributed by atoms with Crippen LogP contribution >= 0.6 is 0 Å². The van der Waals surface area contributed by atoms with Gasteiger partial charge in [-0.15, -0.1) is 0 Å². The molecular formula is C9H10N4O4. The lowest BCUT2D eigenvalue weighted by molar-refractivity contribution is -0.384. The monoisotopic (exact) mass is 238 g/mol. The highest BCUT2D eigenvalue weighted by Crippen LogP contribution is 2.22. The molecule has 1 rings (SSSR count). The van der Waals surface area contributed by atoms with Crippen molar-refractivity contribution in [3.05, 3.63) is 27.9 Å². The Morgan fingerprint density at radius 1 is 1.71 bits per heavy atom. The molecule has 1 atom stereocenters. The van der Waals surface area contributed by atoms with Crippen molar-refractivity contribution >= 4 is 11.5 Å². The maximum Gasteiger partial charge on any atom is 0.312 e. The largest absolute Gasteiger partial charge is 0.394 e. The topological polar surface area (TPSA) is 132 Å². The van der Waals surface area contributed by atoms with Crippen molar-refractivity contribution in [2.75, 3.05) is 18.5 Å². The van der Waals surface area contributed by atoms with Gasteiger partial charge in [0, 0.05) is 18.8 Å². The maximum atomic E-state index is 10.7. The molecule has 90 valence electrons. The lowest BCUT2D eigenvalue weighted by atomic mass is 10.2. The summed E-state index contributed by atoms with van der Waals surface area (Å²) in [6.45, 7) is -0.534. The highest BCUT2D eigenvalue weighted by Gasteiger charge is 2.16. The molecule has 0 aliphatic heterocycles. The quantitative estimate of drug-likeness (QED) is 0.470. The fourth-order valence-corrected chi connectivity index (χ4v) is 1.07. The van der Waals surface area contributed by atoms with Crippen LogP contribution in [0.4, 0.5) is 11.5 Å². The standard InChI is InChI=1S/C9H10N4O4/c10-2-6-1-8(13(16)17)9(11-3-6)12-4-7(15)5-14/h1,3,7,14-15H,4-5H2,(H,11,12). The number of nitriles is 1. The Labute approximate surface area is 96.3 Å². The molecule has 0 aromatic carbocycles. The van der Waals surface area contributed by atoms with Crippen LogP contribution in [-0.2, 0) is 0 Å². The summed E-state index contributed by atoms with van der Waals surface area (Å²) >= 11 is 0. The number of rotatable bonds is 5.